The number of benzene rings is 1. The van der Waals surface area contributed by atoms with E-state index in [1.165, 1.54) is 11.5 Å². The molecule has 1 aromatic carbocycles. The molecule has 0 aliphatic rings. The molecule has 6 nitrogen and oxygen atoms in total. The molecular weight excluding hydrogens is 252 g/mol. The van der Waals surface area contributed by atoms with Gasteiger partial charge in [0.25, 0.3) is 0 Å². The van der Waals surface area contributed by atoms with E-state index in [2.05, 4.69) is 15.0 Å². The summed E-state index contributed by atoms with van der Waals surface area (Å²) in [6.45, 7) is 2.28. The van der Waals surface area contributed by atoms with E-state index in [-0.39, 0.29) is 6.61 Å². The minimum atomic E-state index is 0.287. The van der Waals surface area contributed by atoms with Crippen molar-refractivity contribution in [2.45, 2.75) is 13.5 Å². The van der Waals surface area contributed by atoms with Gasteiger partial charge in [0.1, 0.15) is 12.3 Å². The molecule has 2 aromatic rings. The second kappa shape index (κ2) is 5.65. The zero-order valence-corrected chi connectivity index (χ0v) is 11.0. The van der Waals surface area contributed by atoms with E-state index in [1.807, 2.05) is 25.1 Å². The van der Waals surface area contributed by atoms with Gasteiger partial charge < -0.3 is 14.9 Å². The van der Waals surface area contributed by atoms with E-state index >= 15 is 0 Å². The number of nitrogens with one attached hydrogen (secondary N) is 1. The Balaban J connectivity index is 2.10. The molecule has 7 heteroatoms. The van der Waals surface area contributed by atoms with Gasteiger partial charge in [0.2, 0.25) is 0 Å². The number of ether oxygens (including phenoxy) is 2. The topological polar surface area (TPSA) is 82.3 Å². The average molecular weight is 266 g/mol. The van der Waals surface area contributed by atoms with Crippen molar-refractivity contribution in [1.82, 2.24) is 9.59 Å². The van der Waals surface area contributed by atoms with Crippen molar-refractivity contribution in [2.24, 2.45) is 5.84 Å². The van der Waals surface area contributed by atoms with Crippen LogP contribution in [-0.2, 0) is 6.61 Å². The largest absolute Gasteiger partial charge is 0.493 e. The SMILES string of the molecule is COc1cc(C)ccc1OCc1nnsc1NN. The van der Waals surface area contributed by atoms with E-state index in [9.17, 15) is 0 Å². The average Bonchev–Trinajstić information content (AvgIpc) is 2.84. The third kappa shape index (κ3) is 2.69. The Bertz CT molecular complexity index is 530. The van der Waals surface area contributed by atoms with Crippen molar-refractivity contribution in [3.8, 4) is 11.5 Å². The van der Waals surface area contributed by atoms with E-state index in [4.69, 9.17) is 15.3 Å². The van der Waals surface area contributed by atoms with Crippen molar-refractivity contribution < 1.29 is 9.47 Å². The number of anilines is 1. The van der Waals surface area contributed by atoms with E-state index in [0.717, 1.165) is 5.56 Å². The Morgan fingerprint density at radius 1 is 1.39 bits per heavy atom. The Kier molecular flexibility index (Phi) is 3.96. The predicted octanol–water partition coefficient (Wildman–Crippen LogP) is 1.72. The van der Waals surface area contributed by atoms with Gasteiger partial charge in [0, 0.05) is 11.5 Å². The summed E-state index contributed by atoms with van der Waals surface area (Å²) in [4.78, 5) is 0. The number of methoxy groups -OCH3 is 1. The molecule has 0 aliphatic heterocycles. The minimum Gasteiger partial charge on any atom is -0.493 e. The van der Waals surface area contributed by atoms with Crippen LogP contribution in [0.1, 0.15) is 11.3 Å². The summed E-state index contributed by atoms with van der Waals surface area (Å²) < 4.78 is 14.7. The van der Waals surface area contributed by atoms with Gasteiger partial charge in [0.15, 0.2) is 16.5 Å². The Morgan fingerprint density at radius 3 is 2.94 bits per heavy atom. The van der Waals surface area contributed by atoms with Crippen molar-refractivity contribution in [3.63, 3.8) is 0 Å². The fraction of sp³-hybridized carbons (Fsp3) is 0.273. The van der Waals surface area contributed by atoms with Crippen LogP contribution in [0.25, 0.3) is 0 Å². The fourth-order valence-corrected chi connectivity index (χ4v) is 1.93. The monoisotopic (exact) mass is 266 g/mol. The number of hydrogen-bond acceptors (Lipinski definition) is 7. The number of hydrogen-bond donors (Lipinski definition) is 2. The molecular formula is C11H14N4O2S. The van der Waals surface area contributed by atoms with Crippen LogP contribution >= 0.6 is 11.5 Å². The molecule has 0 atom stereocenters. The van der Waals surface area contributed by atoms with Crippen LogP contribution in [0.2, 0.25) is 0 Å². The van der Waals surface area contributed by atoms with Gasteiger partial charge >= 0.3 is 0 Å². The molecule has 0 saturated carbocycles. The van der Waals surface area contributed by atoms with Gasteiger partial charge in [-0.2, -0.15) is 0 Å². The Labute approximate surface area is 109 Å². The summed E-state index contributed by atoms with van der Waals surface area (Å²) in [5, 5.41) is 4.63. The molecule has 0 radical (unpaired) electrons. The highest BCUT2D eigenvalue weighted by atomic mass is 32.1. The number of aryl methyl sites for hydroxylation is 1. The van der Waals surface area contributed by atoms with Crippen LogP contribution < -0.4 is 20.7 Å². The quantitative estimate of drug-likeness (QED) is 0.633. The van der Waals surface area contributed by atoms with Crippen molar-refractivity contribution in [3.05, 3.63) is 29.5 Å². The molecule has 96 valence electrons. The van der Waals surface area contributed by atoms with E-state index in [0.29, 0.717) is 22.2 Å². The molecule has 2 rings (SSSR count). The minimum absolute atomic E-state index is 0.287. The Morgan fingerprint density at radius 2 is 2.22 bits per heavy atom. The van der Waals surface area contributed by atoms with Crippen molar-refractivity contribution >= 4 is 16.5 Å². The van der Waals surface area contributed by atoms with Gasteiger partial charge in [-0.05, 0) is 24.6 Å². The molecule has 0 fully saturated rings. The maximum absolute atomic E-state index is 5.65. The first-order valence-electron chi connectivity index (χ1n) is 5.30. The summed E-state index contributed by atoms with van der Waals surface area (Å²) in [5.41, 5.74) is 4.31. The Hall–Kier alpha value is -1.86. The fourth-order valence-electron chi connectivity index (χ4n) is 1.45. The summed E-state index contributed by atoms with van der Waals surface area (Å²) in [7, 11) is 1.61. The lowest BCUT2D eigenvalue weighted by atomic mass is 10.2. The predicted molar refractivity (Wildman–Crippen MR) is 69.8 cm³/mol. The maximum atomic E-state index is 5.65. The van der Waals surface area contributed by atoms with Gasteiger partial charge in [0.05, 0.1) is 7.11 Å². The summed E-state index contributed by atoms with van der Waals surface area (Å²) >= 11 is 1.19. The number of nitrogen functional groups attached to an aromatic ring is 1. The first-order valence-corrected chi connectivity index (χ1v) is 6.07. The van der Waals surface area contributed by atoms with Gasteiger partial charge in [-0.3, -0.25) is 0 Å². The highest BCUT2D eigenvalue weighted by Crippen LogP contribution is 2.29. The number of aromatic nitrogens is 2. The van der Waals surface area contributed by atoms with Gasteiger partial charge in [-0.15, -0.1) is 5.10 Å². The number of nitrogens with two attached hydrogens (primary N) is 1. The molecule has 0 amide bonds. The normalized spacial score (nSPS) is 10.2. The van der Waals surface area contributed by atoms with Crippen LogP contribution in [0.15, 0.2) is 18.2 Å². The van der Waals surface area contributed by atoms with Crippen LogP contribution in [0.3, 0.4) is 0 Å². The number of rotatable bonds is 5. The second-order valence-electron chi connectivity index (χ2n) is 3.64. The molecule has 0 bridgehead atoms. The lowest BCUT2D eigenvalue weighted by Gasteiger charge is -2.10. The van der Waals surface area contributed by atoms with Crippen LogP contribution in [-0.4, -0.2) is 16.7 Å². The standard InChI is InChI=1S/C11H14N4O2S/c1-7-3-4-9(10(5-7)16-2)17-6-8-11(13-12)18-15-14-8/h3-5,13H,6,12H2,1-2H3. The molecule has 0 saturated heterocycles. The summed E-state index contributed by atoms with van der Waals surface area (Å²) in [5.74, 6) is 6.70. The van der Waals surface area contributed by atoms with Crippen molar-refractivity contribution in [2.75, 3.05) is 12.5 Å². The van der Waals surface area contributed by atoms with E-state index < -0.39 is 0 Å². The lowest BCUT2D eigenvalue weighted by molar-refractivity contribution is 0.281. The smallest absolute Gasteiger partial charge is 0.161 e. The zero-order chi connectivity index (χ0) is 13.0. The number of hydrazine groups is 1. The van der Waals surface area contributed by atoms with E-state index in [1.54, 1.807) is 7.11 Å². The highest BCUT2D eigenvalue weighted by molar-refractivity contribution is 7.10. The first kappa shape index (κ1) is 12.6. The maximum Gasteiger partial charge on any atom is 0.161 e. The number of nitrogens with zero attached hydrogens (tertiary/aromatic N) is 2. The third-order valence-corrected chi connectivity index (χ3v) is 3.07. The molecule has 3 N–H and O–H groups in total. The third-order valence-electron chi connectivity index (χ3n) is 2.37. The van der Waals surface area contributed by atoms with Crippen LogP contribution in [0.4, 0.5) is 5.00 Å². The lowest BCUT2D eigenvalue weighted by Crippen LogP contribution is -2.08. The molecule has 0 spiro atoms. The van der Waals surface area contributed by atoms with Gasteiger partial charge in [-0.1, -0.05) is 10.6 Å². The molecule has 1 heterocycles. The highest BCUT2D eigenvalue weighted by Gasteiger charge is 2.09. The molecule has 0 aliphatic carbocycles. The van der Waals surface area contributed by atoms with Gasteiger partial charge in [-0.25, -0.2) is 5.84 Å². The molecule has 1 aromatic heterocycles. The first-order chi connectivity index (χ1) is 8.74. The van der Waals surface area contributed by atoms with Crippen molar-refractivity contribution in [1.29, 1.82) is 0 Å². The zero-order valence-electron chi connectivity index (χ0n) is 10.1. The second-order valence-corrected chi connectivity index (χ2v) is 4.39. The molecule has 0 unspecified atom stereocenters. The van der Waals surface area contributed by atoms with Crippen LogP contribution in [0, 0.1) is 6.92 Å². The summed E-state index contributed by atoms with van der Waals surface area (Å²) in [6.07, 6.45) is 0. The summed E-state index contributed by atoms with van der Waals surface area (Å²) in [6, 6.07) is 5.74. The van der Waals surface area contributed by atoms with Crippen LogP contribution in [0.5, 0.6) is 11.5 Å². The molecule has 18 heavy (non-hydrogen) atoms.